The van der Waals surface area contributed by atoms with Crippen LogP contribution in [0, 0.1) is 11.3 Å². The second kappa shape index (κ2) is 11.7. The molecule has 1 aromatic heterocycles. The Balaban J connectivity index is 0.000000555. The summed E-state index contributed by atoms with van der Waals surface area (Å²) < 4.78 is 10.1. The van der Waals surface area contributed by atoms with Crippen molar-refractivity contribution in [3.8, 4) is 32.8 Å². The summed E-state index contributed by atoms with van der Waals surface area (Å²) in [6.45, 7) is 4.12. The molecule has 0 saturated carbocycles. The molecule has 0 fully saturated rings. The van der Waals surface area contributed by atoms with Crippen LogP contribution in [0.4, 0.5) is 0 Å². The molecule has 172 valence electrons. The van der Waals surface area contributed by atoms with Crippen molar-refractivity contribution in [2.24, 2.45) is 0 Å². The fourth-order valence-electron chi connectivity index (χ4n) is 3.89. The minimum atomic E-state index is 0.0334. The number of fused-ring (bicyclic) bond motifs is 1. The first-order chi connectivity index (χ1) is 16.0. The Morgan fingerprint density at radius 1 is 1.33 bits per heavy atom. The first-order valence-electron chi connectivity index (χ1n) is 10.9. The Morgan fingerprint density at radius 3 is 2.79 bits per heavy atom. The maximum Gasteiger partial charge on any atom is 0.145 e. The number of thiazole rings is 1. The molecule has 1 aliphatic carbocycles. The van der Waals surface area contributed by atoms with Crippen molar-refractivity contribution in [1.82, 2.24) is 10.3 Å². The van der Waals surface area contributed by atoms with Gasteiger partial charge in [0.05, 0.1) is 16.5 Å². The van der Waals surface area contributed by atoms with Gasteiger partial charge in [0.2, 0.25) is 0 Å². The van der Waals surface area contributed by atoms with Crippen LogP contribution in [0.3, 0.4) is 0 Å². The highest BCUT2D eigenvalue weighted by molar-refractivity contribution is 7.18. The Morgan fingerprint density at radius 2 is 2.15 bits per heavy atom. The molecule has 7 heteroatoms. The van der Waals surface area contributed by atoms with E-state index in [2.05, 4.69) is 39.3 Å². The van der Waals surface area contributed by atoms with Gasteiger partial charge in [0.1, 0.15) is 29.7 Å². The second-order valence-electron chi connectivity index (χ2n) is 7.89. The van der Waals surface area contributed by atoms with Crippen molar-refractivity contribution in [3.05, 3.63) is 59.3 Å². The predicted molar refractivity (Wildman–Crippen MR) is 132 cm³/mol. The lowest BCUT2D eigenvalue weighted by Gasteiger charge is -2.11. The summed E-state index contributed by atoms with van der Waals surface area (Å²) in [5.41, 5.74) is 5.59. The molecule has 0 spiro atoms. The number of aldehydes is 1. The van der Waals surface area contributed by atoms with Crippen LogP contribution in [0.25, 0.3) is 21.0 Å². The van der Waals surface area contributed by atoms with Crippen molar-refractivity contribution >= 4 is 17.6 Å². The van der Waals surface area contributed by atoms with Gasteiger partial charge in [-0.25, -0.2) is 4.98 Å². The zero-order valence-electron chi connectivity index (χ0n) is 19.4. The van der Waals surface area contributed by atoms with E-state index < -0.39 is 0 Å². The Hall–Kier alpha value is -3.05. The Bertz CT molecular complexity index is 1130. The summed E-state index contributed by atoms with van der Waals surface area (Å²) in [7, 11) is 3.51. The third-order valence-electron chi connectivity index (χ3n) is 5.33. The highest BCUT2D eigenvalue weighted by atomic mass is 32.1. The van der Waals surface area contributed by atoms with Crippen LogP contribution < -0.4 is 10.1 Å². The normalized spacial score (nSPS) is 14.2. The van der Waals surface area contributed by atoms with Gasteiger partial charge in [-0.1, -0.05) is 18.2 Å². The standard InChI is InChI=1S/C23H23N3OS.C3H6O2/c1-14(2)27-21-10-7-15(11-16(21)12-24)23-26-13-22(28-23)19-6-4-5-18-17(19)8-9-20(18)25-3;1-5-3-2-4/h4-7,10-11,13-14,20,25H,8-9H2,1-3H3;2H,3H2,1H3. The first kappa shape index (κ1) is 24.6. The van der Waals surface area contributed by atoms with Gasteiger partial charge in [-0.15, -0.1) is 11.3 Å². The lowest BCUT2D eigenvalue weighted by molar-refractivity contribution is -0.110. The van der Waals surface area contributed by atoms with Gasteiger partial charge in [0.25, 0.3) is 0 Å². The van der Waals surface area contributed by atoms with Crippen LogP contribution >= 0.6 is 11.3 Å². The number of rotatable bonds is 7. The van der Waals surface area contributed by atoms with Crippen LogP contribution in [-0.4, -0.2) is 38.1 Å². The SMILES string of the molecule is CNC1CCc2c(-c3cnc(-c4ccc(OC(C)C)c(C#N)c4)s3)cccc21.COCC=O. The Kier molecular flexibility index (Phi) is 8.72. The molecular weight excluding hydrogens is 434 g/mol. The van der Waals surface area contributed by atoms with E-state index >= 15 is 0 Å². The monoisotopic (exact) mass is 463 g/mol. The number of methoxy groups -OCH3 is 1. The van der Waals surface area contributed by atoms with Gasteiger partial charge < -0.3 is 19.6 Å². The van der Waals surface area contributed by atoms with Crippen molar-refractivity contribution < 1.29 is 14.3 Å². The number of hydrogen-bond acceptors (Lipinski definition) is 7. The third kappa shape index (κ3) is 5.85. The topological polar surface area (TPSA) is 84.2 Å². The number of hydrogen-bond donors (Lipinski definition) is 1. The van der Waals surface area contributed by atoms with Crippen molar-refractivity contribution in [2.45, 2.75) is 38.8 Å². The number of carbonyl (C=O) groups excluding carboxylic acids is 1. The second-order valence-corrected chi connectivity index (χ2v) is 8.92. The number of carbonyl (C=O) groups is 1. The molecular formula is C26H29N3O3S. The average molecular weight is 464 g/mol. The largest absolute Gasteiger partial charge is 0.490 e. The molecule has 33 heavy (non-hydrogen) atoms. The van der Waals surface area contributed by atoms with Crippen molar-refractivity contribution in [3.63, 3.8) is 0 Å². The number of nitriles is 1. The van der Waals surface area contributed by atoms with E-state index in [1.165, 1.54) is 28.7 Å². The molecule has 0 bridgehead atoms. The molecule has 3 aromatic rings. The fourth-order valence-corrected chi connectivity index (χ4v) is 4.86. The van der Waals surface area contributed by atoms with Crippen molar-refractivity contribution in [2.75, 3.05) is 20.8 Å². The molecule has 1 unspecified atom stereocenters. The van der Waals surface area contributed by atoms with Gasteiger partial charge in [0.15, 0.2) is 0 Å². The first-order valence-corrected chi connectivity index (χ1v) is 11.7. The average Bonchev–Trinajstić information content (AvgIpc) is 3.47. The zero-order valence-corrected chi connectivity index (χ0v) is 20.2. The Labute approximate surface area is 199 Å². The van der Waals surface area contributed by atoms with E-state index in [1.54, 1.807) is 11.3 Å². The molecule has 0 saturated heterocycles. The quantitative estimate of drug-likeness (QED) is 0.487. The molecule has 0 radical (unpaired) electrons. The molecule has 6 nitrogen and oxygen atoms in total. The smallest absolute Gasteiger partial charge is 0.145 e. The third-order valence-corrected chi connectivity index (χ3v) is 6.41. The number of nitrogens with zero attached hydrogens (tertiary/aromatic N) is 2. The molecule has 0 aliphatic heterocycles. The minimum Gasteiger partial charge on any atom is -0.490 e. The molecule has 1 aliphatic rings. The summed E-state index contributed by atoms with van der Waals surface area (Å²) >= 11 is 1.67. The summed E-state index contributed by atoms with van der Waals surface area (Å²) in [5, 5.41) is 13.8. The molecule has 0 amide bonds. The van der Waals surface area contributed by atoms with Gasteiger partial charge in [-0.05, 0) is 68.6 Å². The molecule has 1 heterocycles. The van der Waals surface area contributed by atoms with E-state index in [-0.39, 0.29) is 12.7 Å². The molecule has 1 atom stereocenters. The van der Waals surface area contributed by atoms with Crippen molar-refractivity contribution in [1.29, 1.82) is 5.26 Å². The minimum absolute atomic E-state index is 0.0334. The lowest BCUT2D eigenvalue weighted by Crippen LogP contribution is -2.12. The van der Waals surface area contributed by atoms with E-state index in [9.17, 15) is 10.1 Å². The zero-order chi connectivity index (χ0) is 23.8. The summed E-state index contributed by atoms with van der Waals surface area (Å²) in [4.78, 5) is 15.1. The van der Waals surface area contributed by atoms with E-state index in [0.29, 0.717) is 23.6 Å². The van der Waals surface area contributed by atoms with E-state index in [4.69, 9.17) is 4.74 Å². The van der Waals surface area contributed by atoms with Crippen LogP contribution in [-0.2, 0) is 16.0 Å². The summed E-state index contributed by atoms with van der Waals surface area (Å²) in [6.07, 6.45) is 4.92. The van der Waals surface area contributed by atoms with E-state index in [1.807, 2.05) is 45.3 Å². The van der Waals surface area contributed by atoms with Gasteiger partial charge in [0, 0.05) is 24.9 Å². The van der Waals surface area contributed by atoms with E-state index in [0.717, 1.165) is 23.4 Å². The number of ether oxygens (including phenoxy) is 2. The van der Waals surface area contributed by atoms with Gasteiger partial charge in [-0.2, -0.15) is 5.26 Å². The number of nitrogens with one attached hydrogen (secondary N) is 1. The van der Waals surface area contributed by atoms with Gasteiger partial charge >= 0.3 is 0 Å². The predicted octanol–water partition coefficient (Wildman–Crippen LogP) is 5.17. The molecule has 1 N–H and O–H groups in total. The fraction of sp³-hybridized carbons (Fsp3) is 0.346. The van der Waals surface area contributed by atoms with Crippen LogP contribution in [0.5, 0.6) is 5.75 Å². The maximum absolute atomic E-state index is 9.49. The number of benzene rings is 2. The summed E-state index contributed by atoms with van der Waals surface area (Å²) in [5.74, 6) is 0.622. The van der Waals surface area contributed by atoms with Crippen LogP contribution in [0.15, 0.2) is 42.6 Å². The van der Waals surface area contributed by atoms with Crippen LogP contribution in [0.1, 0.15) is 43.0 Å². The highest BCUT2D eigenvalue weighted by Gasteiger charge is 2.24. The summed E-state index contributed by atoms with van der Waals surface area (Å²) in [6, 6.07) is 14.9. The maximum atomic E-state index is 9.49. The highest BCUT2D eigenvalue weighted by Crippen LogP contribution is 2.41. The molecule has 2 aromatic carbocycles. The van der Waals surface area contributed by atoms with Gasteiger partial charge in [-0.3, -0.25) is 0 Å². The lowest BCUT2D eigenvalue weighted by atomic mass is 10.0. The number of aromatic nitrogens is 1. The molecule has 4 rings (SSSR count). The van der Waals surface area contributed by atoms with Crippen LogP contribution in [0.2, 0.25) is 0 Å².